The molecule has 8 rings (SSSR count). The third kappa shape index (κ3) is 6.13. The molecule has 1 N–H and O–H groups in total. The fourth-order valence-corrected chi connectivity index (χ4v) is 9.76. The van der Waals surface area contributed by atoms with Crippen LogP contribution in [0.25, 0.3) is 48.4 Å². The van der Waals surface area contributed by atoms with Crippen molar-refractivity contribution in [1.82, 2.24) is 29.2 Å². The average molecular weight is 736 g/mol. The molecule has 0 radical (unpaired) electrons. The van der Waals surface area contributed by atoms with Crippen molar-refractivity contribution < 1.29 is 18.5 Å². The summed E-state index contributed by atoms with van der Waals surface area (Å²) in [6, 6.07) is 19.4. The van der Waals surface area contributed by atoms with Gasteiger partial charge in [0.1, 0.15) is 30.1 Å². The van der Waals surface area contributed by atoms with E-state index in [1.54, 1.807) is 10.9 Å². The van der Waals surface area contributed by atoms with Crippen molar-refractivity contribution in [3.8, 4) is 11.3 Å². The summed E-state index contributed by atoms with van der Waals surface area (Å²) in [5.41, 5.74) is -0.492. The Bertz CT molecular complexity index is 2430. The van der Waals surface area contributed by atoms with Gasteiger partial charge in [-0.1, -0.05) is 66.7 Å². The maximum absolute atomic E-state index is 13.4. The molecule has 4 aromatic carbocycles. The zero-order valence-electron chi connectivity index (χ0n) is 30.4. The van der Waals surface area contributed by atoms with Gasteiger partial charge >= 0.3 is 5.69 Å². The summed E-state index contributed by atoms with van der Waals surface area (Å²) in [5, 5.41) is 15.9. The summed E-state index contributed by atoms with van der Waals surface area (Å²) >= 11 is 0. The normalized spacial score (nSPS) is 22.0. The number of hydrogen-bond donors (Lipinski definition) is 1. The SMILES string of the molecule is [C-]#[N+]CCOP(O[C@@H]1C2OC[C@]1(CC)O[C@H]2n1cc(-c2cn(Cc3ccc4ccc5cccc6ccc3c4c56)nn2)c(=O)[nH]c1=O)N(C(C)C)C(C)C. The second-order valence-electron chi connectivity index (χ2n) is 14.3. The first-order valence-electron chi connectivity index (χ1n) is 18.0. The van der Waals surface area contributed by atoms with E-state index in [0.717, 1.165) is 10.9 Å². The number of aromatic nitrogens is 5. The van der Waals surface area contributed by atoms with Gasteiger partial charge in [0.05, 0.1) is 24.9 Å². The highest BCUT2D eigenvalue weighted by Crippen LogP contribution is 2.56. The van der Waals surface area contributed by atoms with Gasteiger partial charge in [-0.05, 0) is 72.0 Å². The molecular weight excluding hydrogens is 693 g/mol. The van der Waals surface area contributed by atoms with Crippen molar-refractivity contribution in [3.05, 3.63) is 105 Å². The van der Waals surface area contributed by atoms with Crippen molar-refractivity contribution in [2.24, 2.45) is 0 Å². The summed E-state index contributed by atoms with van der Waals surface area (Å²) in [5.74, 6) is 0. The molecule has 0 spiro atoms. The fraction of sp³-hybridized carbons (Fsp3) is 0.410. The van der Waals surface area contributed by atoms with Crippen LogP contribution in [0.3, 0.4) is 0 Å². The Morgan fingerprint density at radius 3 is 2.47 bits per heavy atom. The molecule has 2 aromatic heterocycles. The van der Waals surface area contributed by atoms with E-state index in [1.165, 1.54) is 37.7 Å². The molecule has 13 nitrogen and oxygen atoms in total. The zero-order valence-corrected chi connectivity index (χ0v) is 31.2. The van der Waals surface area contributed by atoms with Crippen molar-refractivity contribution in [1.29, 1.82) is 0 Å². The third-order valence-corrected chi connectivity index (χ3v) is 12.5. The molecule has 2 aliphatic heterocycles. The first-order chi connectivity index (χ1) is 25.6. The van der Waals surface area contributed by atoms with Crippen molar-refractivity contribution in [2.75, 3.05) is 19.8 Å². The summed E-state index contributed by atoms with van der Waals surface area (Å²) in [6.45, 7) is 18.7. The lowest BCUT2D eigenvalue weighted by Gasteiger charge is -2.38. The standard InChI is InChI=1S/C39H42N7O6P/c1-7-39-22-49-34(35(39)52-53(50-18-17-40-6)46(23(2)3)24(4)5)37(51-39)45-20-30(36(47)41-38(45)48)31-21-44(43-42-31)19-28-14-13-27-12-11-25-9-8-10-26-15-16-29(28)33(27)32(25)26/h8-16,20-21,23-24,34-35,37H,7,17-19,22H2,1-5H3,(H,41,47,48)/t34?,35-,37-,39+,53?/m1/s1. The van der Waals surface area contributed by atoms with E-state index in [-0.39, 0.29) is 37.4 Å². The van der Waals surface area contributed by atoms with E-state index < -0.39 is 43.8 Å². The lowest BCUT2D eigenvalue weighted by Crippen LogP contribution is -2.43. The lowest BCUT2D eigenvalue weighted by molar-refractivity contribution is -0.175. The summed E-state index contributed by atoms with van der Waals surface area (Å²) in [4.78, 5) is 32.6. The third-order valence-electron chi connectivity index (χ3n) is 10.4. The highest BCUT2D eigenvalue weighted by molar-refractivity contribution is 7.44. The van der Waals surface area contributed by atoms with E-state index in [4.69, 9.17) is 25.1 Å². The number of nitrogens with one attached hydrogen (secondary N) is 1. The van der Waals surface area contributed by atoms with Gasteiger partial charge in [-0.2, -0.15) is 0 Å². The molecule has 4 heterocycles. The Morgan fingerprint density at radius 2 is 1.75 bits per heavy atom. The molecule has 2 fully saturated rings. The Morgan fingerprint density at radius 1 is 1.04 bits per heavy atom. The second kappa shape index (κ2) is 14.0. The fourth-order valence-electron chi connectivity index (χ4n) is 7.96. The molecule has 53 heavy (non-hydrogen) atoms. The molecule has 0 amide bonds. The minimum absolute atomic E-state index is 0.106. The van der Waals surface area contributed by atoms with Crippen LogP contribution in [0.2, 0.25) is 0 Å². The topological polar surface area (TPSA) is 130 Å². The van der Waals surface area contributed by atoms with Crippen molar-refractivity contribution >= 4 is 40.8 Å². The monoisotopic (exact) mass is 735 g/mol. The van der Waals surface area contributed by atoms with Crippen LogP contribution in [-0.2, 0) is 25.1 Å². The molecule has 14 heteroatoms. The molecule has 2 unspecified atom stereocenters. The van der Waals surface area contributed by atoms with Gasteiger partial charge in [-0.3, -0.25) is 14.3 Å². The molecule has 2 bridgehead atoms. The van der Waals surface area contributed by atoms with Gasteiger partial charge in [0.25, 0.3) is 14.1 Å². The predicted molar refractivity (Wildman–Crippen MR) is 204 cm³/mol. The van der Waals surface area contributed by atoms with Gasteiger partial charge < -0.3 is 23.4 Å². The van der Waals surface area contributed by atoms with Crippen LogP contribution < -0.4 is 11.2 Å². The van der Waals surface area contributed by atoms with Gasteiger partial charge in [0, 0.05) is 18.3 Å². The van der Waals surface area contributed by atoms with Gasteiger partial charge in [-0.25, -0.2) is 20.7 Å². The molecule has 6 aromatic rings. The minimum atomic E-state index is -1.60. The molecular formula is C39H42N7O6P. The molecule has 2 saturated heterocycles. The number of aromatic amines is 1. The van der Waals surface area contributed by atoms with Gasteiger partial charge in [0.15, 0.2) is 6.23 Å². The molecule has 0 saturated carbocycles. The smallest absolute Gasteiger partial charge is 0.330 e. The van der Waals surface area contributed by atoms with E-state index >= 15 is 0 Å². The largest absolute Gasteiger partial charge is 0.368 e. The number of H-pyrrole nitrogens is 1. The summed E-state index contributed by atoms with van der Waals surface area (Å²) in [7, 11) is -1.60. The van der Waals surface area contributed by atoms with Crippen molar-refractivity contribution in [2.45, 2.75) is 83.7 Å². The van der Waals surface area contributed by atoms with Crippen LogP contribution in [0.5, 0.6) is 0 Å². The average Bonchev–Trinajstić information content (AvgIpc) is 3.83. The van der Waals surface area contributed by atoms with Gasteiger partial charge in [0.2, 0.25) is 6.54 Å². The molecule has 2 aliphatic rings. The summed E-state index contributed by atoms with van der Waals surface area (Å²) < 4.78 is 31.1. The minimum Gasteiger partial charge on any atom is -0.368 e. The highest BCUT2D eigenvalue weighted by Gasteiger charge is 2.63. The second-order valence-corrected chi connectivity index (χ2v) is 15.7. The number of nitrogens with zero attached hydrogens (tertiary/aromatic N) is 6. The number of benzene rings is 4. The number of hydrogen-bond acceptors (Lipinski definition) is 9. The number of ether oxygens (including phenoxy) is 2. The summed E-state index contributed by atoms with van der Waals surface area (Å²) in [6.07, 6.45) is 1.65. The van der Waals surface area contributed by atoms with Gasteiger partial charge in [-0.15, -0.1) is 5.10 Å². The number of fused-ring (bicyclic) bond motifs is 2. The first kappa shape index (κ1) is 35.5. The zero-order chi connectivity index (χ0) is 37.0. The van der Waals surface area contributed by atoms with Crippen LogP contribution in [0.4, 0.5) is 0 Å². The quantitative estimate of drug-likeness (QED) is 0.0613. The Hall–Kier alpha value is -4.54. The molecule has 274 valence electrons. The lowest BCUT2D eigenvalue weighted by atomic mass is 9.92. The maximum atomic E-state index is 13.4. The highest BCUT2D eigenvalue weighted by atomic mass is 31.2. The van der Waals surface area contributed by atoms with E-state index in [0.29, 0.717) is 18.7 Å². The maximum Gasteiger partial charge on any atom is 0.330 e. The van der Waals surface area contributed by atoms with Crippen LogP contribution >= 0.6 is 8.53 Å². The van der Waals surface area contributed by atoms with Crippen LogP contribution in [-0.4, -0.2) is 78.9 Å². The van der Waals surface area contributed by atoms with E-state index in [2.05, 4.69) is 107 Å². The Labute approximate surface area is 307 Å². The molecule has 5 atom stereocenters. The predicted octanol–water partition coefficient (Wildman–Crippen LogP) is 6.48. The van der Waals surface area contributed by atoms with E-state index in [1.807, 2.05) is 6.92 Å². The van der Waals surface area contributed by atoms with Crippen LogP contribution in [0.15, 0.2) is 76.6 Å². The first-order valence-corrected chi connectivity index (χ1v) is 19.2. The Kier molecular flexibility index (Phi) is 9.39. The van der Waals surface area contributed by atoms with Crippen molar-refractivity contribution in [3.63, 3.8) is 0 Å². The van der Waals surface area contributed by atoms with E-state index in [9.17, 15) is 9.59 Å². The number of rotatable bonds is 13. The van der Waals surface area contributed by atoms with Crippen LogP contribution in [0, 0.1) is 6.57 Å². The van der Waals surface area contributed by atoms with Crippen LogP contribution in [0.1, 0.15) is 52.8 Å². The Balaban J connectivity index is 1.09. The molecule has 0 aliphatic carbocycles.